The van der Waals surface area contributed by atoms with E-state index in [1.165, 1.54) is 11.1 Å². The summed E-state index contributed by atoms with van der Waals surface area (Å²) in [6.45, 7) is 0.833. The molecule has 0 spiro atoms. The fraction of sp³-hybridized carbons (Fsp3) is 0.182. The zero-order valence-corrected chi connectivity index (χ0v) is 15.8. The van der Waals surface area contributed by atoms with Crippen LogP contribution in [-0.2, 0) is 18.7 Å². The molecule has 2 aromatic heterocycles. The largest absolute Gasteiger partial charge is 0.461 e. The highest BCUT2D eigenvalue weighted by atomic mass is 32.2. The van der Waals surface area contributed by atoms with Crippen LogP contribution >= 0.6 is 11.8 Å². The first kappa shape index (κ1) is 17.6. The van der Waals surface area contributed by atoms with E-state index in [1.54, 1.807) is 18.0 Å². The number of aryl methyl sites for hydroxylation is 2. The van der Waals surface area contributed by atoms with Gasteiger partial charge in [0, 0.05) is 12.3 Å². The monoisotopic (exact) mass is 375 g/mol. The summed E-state index contributed by atoms with van der Waals surface area (Å²) in [6.07, 6.45) is 3.70. The molecule has 5 heteroatoms. The van der Waals surface area contributed by atoms with E-state index in [0.29, 0.717) is 11.6 Å². The Bertz CT molecular complexity index is 950. The molecule has 0 aliphatic carbocycles. The maximum Gasteiger partial charge on any atom is 0.217 e. The maximum absolute atomic E-state index is 5.48. The molecule has 0 aliphatic rings. The Balaban J connectivity index is 1.47. The Labute approximate surface area is 163 Å². The molecule has 0 radical (unpaired) electrons. The van der Waals surface area contributed by atoms with Crippen LogP contribution in [0.4, 0.5) is 0 Å². The van der Waals surface area contributed by atoms with Crippen LogP contribution in [-0.4, -0.2) is 14.8 Å². The Morgan fingerprint density at radius 1 is 0.852 bits per heavy atom. The zero-order chi connectivity index (χ0) is 18.3. The molecule has 136 valence electrons. The van der Waals surface area contributed by atoms with Crippen LogP contribution < -0.4 is 0 Å². The summed E-state index contributed by atoms with van der Waals surface area (Å²) >= 11 is 1.71. The molecule has 0 saturated heterocycles. The van der Waals surface area contributed by atoms with Crippen LogP contribution in [0.1, 0.15) is 17.5 Å². The third-order valence-electron chi connectivity index (χ3n) is 4.27. The van der Waals surface area contributed by atoms with Crippen LogP contribution in [0.3, 0.4) is 0 Å². The summed E-state index contributed by atoms with van der Waals surface area (Å²) in [7, 11) is 0. The quantitative estimate of drug-likeness (QED) is 0.383. The van der Waals surface area contributed by atoms with Crippen molar-refractivity contribution >= 4 is 11.8 Å². The third kappa shape index (κ3) is 4.68. The van der Waals surface area contributed by atoms with Gasteiger partial charge in [-0.1, -0.05) is 72.4 Å². The summed E-state index contributed by atoms with van der Waals surface area (Å²) in [5.41, 5.74) is 2.63. The summed E-state index contributed by atoms with van der Waals surface area (Å²) < 4.78 is 7.49. The molecule has 4 aromatic rings. The number of furan rings is 1. The van der Waals surface area contributed by atoms with E-state index in [-0.39, 0.29) is 0 Å². The minimum absolute atomic E-state index is 0.648. The van der Waals surface area contributed by atoms with Gasteiger partial charge in [0.15, 0.2) is 10.9 Å². The predicted octanol–water partition coefficient (Wildman–Crippen LogP) is 5.46. The van der Waals surface area contributed by atoms with E-state index in [4.69, 9.17) is 9.40 Å². The molecule has 4 nitrogen and oxygen atoms in total. The van der Waals surface area contributed by atoms with Crippen molar-refractivity contribution in [1.82, 2.24) is 14.8 Å². The predicted molar refractivity (Wildman–Crippen MR) is 108 cm³/mol. The van der Waals surface area contributed by atoms with Crippen LogP contribution in [0, 0.1) is 0 Å². The molecule has 0 N–H and O–H groups in total. The van der Waals surface area contributed by atoms with Crippen LogP contribution in [0.2, 0.25) is 0 Å². The summed E-state index contributed by atoms with van der Waals surface area (Å²) in [4.78, 5) is 4.71. The van der Waals surface area contributed by atoms with Crippen LogP contribution in [0.5, 0.6) is 0 Å². The number of benzene rings is 2. The molecule has 2 heterocycles. The van der Waals surface area contributed by atoms with Crippen molar-refractivity contribution in [3.05, 3.63) is 90.2 Å². The molecule has 0 saturated carbocycles. The number of rotatable bonds is 8. The fourth-order valence-corrected chi connectivity index (χ4v) is 3.81. The third-order valence-corrected chi connectivity index (χ3v) is 5.31. The lowest BCUT2D eigenvalue weighted by Crippen LogP contribution is -2.04. The molecule has 0 fully saturated rings. The summed E-state index contributed by atoms with van der Waals surface area (Å²) in [5.74, 6) is 2.23. The van der Waals surface area contributed by atoms with Crippen molar-refractivity contribution in [1.29, 1.82) is 0 Å². The van der Waals surface area contributed by atoms with E-state index >= 15 is 0 Å². The SMILES string of the molecule is c1ccc(CCCn2nc(-c3ccco3)nc2SCc2ccccc2)cc1. The van der Waals surface area contributed by atoms with Gasteiger partial charge in [-0.15, -0.1) is 5.10 Å². The lowest BCUT2D eigenvalue weighted by Gasteiger charge is -2.06. The maximum atomic E-state index is 5.48. The van der Waals surface area contributed by atoms with Gasteiger partial charge in [0.1, 0.15) is 0 Å². The lowest BCUT2D eigenvalue weighted by atomic mass is 10.1. The van der Waals surface area contributed by atoms with E-state index in [9.17, 15) is 0 Å². The van der Waals surface area contributed by atoms with Gasteiger partial charge in [0.05, 0.1) is 6.26 Å². The Hall–Kier alpha value is -2.79. The lowest BCUT2D eigenvalue weighted by molar-refractivity contribution is 0.530. The van der Waals surface area contributed by atoms with Gasteiger partial charge in [-0.2, -0.15) is 4.98 Å². The normalized spacial score (nSPS) is 11.0. The van der Waals surface area contributed by atoms with Crippen molar-refractivity contribution in [3.63, 3.8) is 0 Å². The minimum Gasteiger partial charge on any atom is -0.461 e. The molecule has 4 rings (SSSR count). The second-order valence-electron chi connectivity index (χ2n) is 6.28. The molecular formula is C22H21N3OS. The van der Waals surface area contributed by atoms with Gasteiger partial charge in [0.2, 0.25) is 5.82 Å². The first-order chi connectivity index (χ1) is 13.4. The minimum atomic E-state index is 0.648. The van der Waals surface area contributed by atoms with E-state index < -0.39 is 0 Å². The summed E-state index contributed by atoms with van der Waals surface area (Å²) in [5, 5.41) is 5.62. The molecule has 0 bridgehead atoms. The average molecular weight is 375 g/mol. The van der Waals surface area contributed by atoms with Gasteiger partial charge in [-0.25, -0.2) is 4.68 Å². The van der Waals surface area contributed by atoms with Gasteiger partial charge in [0.25, 0.3) is 0 Å². The molecular weight excluding hydrogens is 354 g/mol. The van der Waals surface area contributed by atoms with Crippen molar-refractivity contribution in [2.75, 3.05) is 0 Å². The first-order valence-electron chi connectivity index (χ1n) is 9.08. The number of hydrogen-bond acceptors (Lipinski definition) is 4. The number of thioether (sulfide) groups is 1. The molecule has 0 atom stereocenters. The fourth-order valence-electron chi connectivity index (χ4n) is 2.89. The van der Waals surface area contributed by atoms with Crippen LogP contribution in [0.15, 0.2) is 88.6 Å². The first-order valence-corrected chi connectivity index (χ1v) is 10.1. The smallest absolute Gasteiger partial charge is 0.217 e. The molecule has 0 unspecified atom stereocenters. The Kier molecular flexibility index (Phi) is 5.70. The van der Waals surface area contributed by atoms with Crippen LogP contribution in [0.25, 0.3) is 11.6 Å². The highest BCUT2D eigenvalue weighted by molar-refractivity contribution is 7.98. The topological polar surface area (TPSA) is 43.9 Å². The molecule has 0 amide bonds. The van der Waals surface area contributed by atoms with Gasteiger partial charge in [-0.3, -0.25) is 0 Å². The van der Waals surface area contributed by atoms with Crippen molar-refractivity contribution < 1.29 is 4.42 Å². The number of aromatic nitrogens is 3. The van der Waals surface area contributed by atoms with Crippen molar-refractivity contribution in [2.45, 2.75) is 30.3 Å². The molecule has 27 heavy (non-hydrogen) atoms. The van der Waals surface area contributed by atoms with Crippen molar-refractivity contribution in [2.24, 2.45) is 0 Å². The second kappa shape index (κ2) is 8.73. The average Bonchev–Trinajstić information content (AvgIpc) is 3.38. The number of hydrogen-bond donors (Lipinski definition) is 0. The van der Waals surface area contributed by atoms with Gasteiger partial charge in [-0.05, 0) is 36.1 Å². The Morgan fingerprint density at radius 3 is 2.30 bits per heavy atom. The molecule has 2 aromatic carbocycles. The number of nitrogens with zero attached hydrogens (tertiary/aromatic N) is 3. The van der Waals surface area contributed by atoms with Crippen molar-refractivity contribution in [3.8, 4) is 11.6 Å². The zero-order valence-electron chi connectivity index (χ0n) is 15.0. The van der Waals surface area contributed by atoms with Gasteiger partial charge >= 0.3 is 0 Å². The summed E-state index contributed by atoms with van der Waals surface area (Å²) in [6, 6.07) is 24.8. The van der Waals surface area contributed by atoms with E-state index in [1.807, 2.05) is 22.9 Å². The molecule has 0 aliphatic heterocycles. The van der Waals surface area contributed by atoms with E-state index in [0.717, 1.165) is 30.3 Å². The standard InChI is InChI=1S/C22H21N3OS/c1-3-9-18(10-4-1)13-7-15-25-22(27-17-19-11-5-2-6-12-19)23-21(24-25)20-14-8-16-26-20/h1-6,8-12,14,16H,7,13,15,17H2. The second-order valence-corrected chi connectivity index (χ2v) is 7.22. The highest BCUT2D eigenvalue weighted by Crippen LogP contribution is 2.25. The highest BCUT2D eigenvalue weighted by Gasteiger charge is 2.14. The van der Waals surface area contributed by atoms with Gasteiger partial charge < -0.3 is 4.42 Å². The Morgan fingerprint density at radius 2 is 1.59 bits per heavy atom. The van der Waals surface area contributed by atoms with E-state index in [2.05, 4.69) is 59.7 Å².